The zero-order valence-corrected chi connectivity index (χ0v) is 30.0. The number of piperidine rings is 2. The summed E-state index contributed by atoms with van der Waals surface area (Å²) in [6.07, 6.45) is 19.4. The maximum absolute atomic E-state index is 6.78. The molecule has 2 saturated carbocycles. The molecule has 4 aliphatic rings. The molecular weight excluding hydrogens is 546 g/mol. The largest absolute Gasteiger partial charge is 0.295 e. The molecule has 5 rings (SSSR count). The van der Waals surface area contributed by atoms with Gasteiger partial charge in [0, 0.05) is 34.0 Å². The van der Waals surface area contributed by atoms with Crippen LogP contribution >= 0.6 is 0 Å². The van der Waals surface area contributed by atoms with Crippen LogP contribution in [-0.4, -0.2) is 59.4 Å². The highest BCUT2D eigenvalue weighted by Gasteiger charge is 2.50. The molecule has 2 saturated heterocycles. The second-order valence-corrected chi connectivity index (χ2v) is 17.7. The van der Waals surface area contributed by atoms with Crippen LogP contribution in [0.2, 0.25) is 0 Å². The van der Waals surface area contributed by atoms with Crippen molar-refractivity contribution in [2.75, 3.05) is 0 Å². The lowest BCUT2D eigenvalue weighted by Crippen LogP contribution is -2.62. The van der Waals surface area contributed by atoms with Crippen molar-refractivity contribution in [1.29, 1.82) is 0 Å². The number of hydrogen-bond acceptors (Lipinski definition) is 7. The van der Waals surface area contributed by atoms with Gasteiger partial charge in [0.2, 0.25) is 0 Å². The Morgan fingerprint density at radius 1 is 0.568 bits per heavy atom. The summed E-state index contributed by atoms with van der Waals surface area (Å²) in [5.74, 6) is 3.40. The van der Waals surface area contributed by atoms with Gasteiger partial charge in [-0.25, -0.2) is 15.0 Å². The summed E-state index contributed by atoms with van der Waals surface area (Å²) in [5.41, 5.74) is -0.198. The van der Waals surface area contributed by atoms with Crippen molar-refractivity contribution >= 4 is 0 Å². The van der Waals surface area contributed by atoms with Crippen molar-refractivity contribution in [3.8, 4) is 0 Å². The average Bonchev–Trinajstić information content (AvgIpc) is 2.96. The van der Waals surface area contributed by atoms with Crippen molar-refractivity contribution in [3.05, 3.63) is 18.0 Å². The molecule has 2 atom stereocenters. The second-order valence-electron chi connectivity index (χ2n) is 17.7. The highest BCUT2D eigenvalue weighted by molar-refractivity contribution is 5.09. The van der Waals surface area contributed by atoms with Crippen molar-refractivity contribution in [2.45, 2.75) is 205 Å². The fraction of sp³-hybridized carbons (Fsp3) is 0.919. The minimum absolute atomic E-state index is 0.0495. The summed E-state index contributed by atoms with van der Waals surface area (Å²) in [7, 11) is 0. The molecule has 2 unspecified atom stereocenters. The molecule has 2 aliphatic carbocycles. The number of hydrogen-bond donors (Lipinski definition) is 0. The van der Waals surface area contributed by atoms with Gasteiger partial charge in [-0.2, -0.15) is 10.1 Å². The third-order valence-corrected chi connectivity index (χ3v) is 11.7. The molecule has 0 bridgehead atoms. The Labute approximate surface area is 269 Å². The summed E-state index contributed by atoms with van der Waals surface area (Å²) in [4.78, 5) is 28.4. The second kappa shape index (κ2) is 13.2. The first-order chi connectivity index (χ1) is 20.6. The van der Waals surface area contributed by atoms with Crippen LogP contribution in [0, 0.1) is 11.8 Å². The lowest BCUT2D eigenvalue weighted by molar-refractivity contribution is -0.315. The SMILES string of the molecule is CC(c1ncnc(C(C)C2CC(C)(C)N(OC3CCCCC3)C(C)(C)C2)n1)C1CC(C)(C)N(OC2CCCCC2)C(C)(C)C1. The Morgan fingerprint density at radius 3 is 1.20 bits per heavy atom. The predicted octanol–water partition coefficient (Wildman–Crippen LogP) is 9.15. The van der Waals surface area contributed by atoms with E-state index < -0.39 is 0 Å². The van der Waals surface area contributed by atoms with E-state index >= 15 is 0 Å². The van der Waals surface area contributed by atoms with E-state index in [4.69, 9.17) is 24.6 Å². The monoisotopic (exact) mass is 612 g/mol. The van der Waals surface area contributed by atoms with Crippen molar-refractivity contribution in [3.63, 3.8) is 0 Å². The van der Waals surface area contributed by atoms with Crippen LogP contribution < -0.4 is 0 Å². The van der Waals surface area contributed by atoms with E-state index in [1.54, 1.807) is 6.33 Å². The summed E-state index contributed by atoms with van der Waals surface area (Å²) in [5, 5.41) is 4.74. The molecular formula is C37H65N5O2. The standard InChI is InChI=1S/C37H65N5O2/c1-26(28-21-34(3,4)41(35(5,6)22-28)43-30-17-13-11-14-18-30)32-38-25-39-33(40-32)27(2)29-23-36(7,8)42(37(9,10)24-29)44-31-19-15-12-16-20-31/h25-31H,11-24H2,1-10H3. The molecule has 3 heterocycles. The lowest BCUT2D eigenvalue weighted by Gasteiger charge is -2.56. The first-order valence-electron chi connectivity index (χ1n) is 18.2. The van der Waals surface area contributed by atoms with E-state index in [0.29, 0.717) is 24.0 Å². The Hall–Kier alpha value is -1.15. The maximum atomic E-state index is 6.78. The molecule has 0 N–H and O–H groups in total. The summed E-state index contributed by atoms with van der Waals surface area (Å²) in [6.45, 7) is 23.6. The molecule has 0 spiro atoms. The van der Waals surface area contributed by atoms with Gasteiger partial charge in [0.05, 0.1) is 12.2 Å². The van der Waals surface area contributed by atoms with Gasteiger partial charge in [-0.05, 0) is 119 Å². The van der Waals surface area contributed by atoms with Gasteiger partial charge in [-0.3, -0.25) is 9.68 Å². The topological polar surface area (TPSA) is 63.6 Å². The molecule has 250 valence electrons. The number of rotatable bonds is 8. The summed E-state index contributed by atoms with van der Waals surface area (Å²) in [6, 6.07) is 0. The van der Waals surface area contributed by atoms with E-state index in [1.807, 2.05) is 0 Å². The van der Waals surface area contributed by atoms with Crippen LogP contribution in [0.1, 0.15) is 183 Å². The van der Waals surface area contributed by atoms with E-state index in [-0.39, 0.29) is 34.0 Å². The van der Waals surface area contributed by atoms with Crippen molar-refractivity contribution in [2.24, 2.45) is 11.8 Å². The third kappa shape index (κ3) is 7.52. The van der Waals surface area contributed by atoms with Gasteiger partial charge in [-0.15, -0.1) is 0 Å². The van der Waals surface area contributed by atoms with Gasteiger partial charge in [0.15, 0.2) is 0 Å². The van der Waals surface area contributed by atoms with Gasteiger partial charge < -0.3 is 0 Å². The summed E-state index contributed by atoms with van der Waals surface area (Å²) < 4.78 is 0. The number of nitrogens with zero attached hydrogens (tertiary/aromatic N) is 5. The molecule has 0 radical (unpaired) electrons. The minimum Gasteiger partial charge on any atom is -0.295 e. The molecule has 1 aromatic heterocycles. The number of aromatic nitrogens is 3. The van der Waals surface area contributed by atoms with Crippen molar-refractivity contribution < 1.29 is 9.68 Å². The van der Waals surface area contributed by atoms with Gasteiger partial charge in [-0.1, -0.05) is 52.4 Å². The zero-order valence-electron chi connectivity index (χ0n) is 30.0. The molecule has 4 fully saturated rings. The van der Waals surface area contributed by atoms with Crippen LogP contribution in [-0.2, 0) is 9.68 Å². The van der Waals surface area contributed by atoms with Gasteiger partial charge in [0.1, 0.15) is 18.0 Å². The summed E-state index contributed by atoms with van der Waals surface area (Å²) >= 11 is 0. The van der Waals surface area contributed by atoms with E-state index in [9.17, 15) is 0 Å². The van der Waals surface area contributed by atoms with Crippen LogP contribution in [0.4, 0.5) is 0 Å². The van der Waals surface area contributed by atoms with Crippen molar-refractivity contribution in [1.82, 2.24) is 25.1 Å². The molecule has 0 amide bonds. The van der Waals surface area contributed by atoms with Gasteiger partial charge >= 0.3 is 0 Å². The molecule has 7 heteroatoms. The Kier molecular flexibility index (Phi) is 10.2. The number of hydroxylamine groups is 4. The lowest BCUT2D eigenvalue weighted by atomic mass is 9.70. The molecule has 2 aliphatic heterocycles. The highest BCUT2D eigenvalue weighted by Crippen LogP contribution is 2.49. The predicted molar refractivity (Wildman–Crippen MR) is 178 cm³/mol. The van der Waals surface area contributed by atoms with E-state index in [0.717, 1.165) is 37.3 Å². The molecule has 0 aromatic carbocycles. The smallest absolute Gasteiger partial charge is 0.135 e. The zero-order chi connectivity index (χ0) is 31.9. The van der Waals surface area contributed by atoms with E-state index in [1.165, 1.54) is 64.2 Å². The molecule has 1 aromatic rings. The highest BCUT2D eigenvalue weighted by atomic mass is 16.7. The normalized spacial score (nSPS) is 29.0. The quantitative estimate of drug-likeness (QED) is 0.290. The average molecular weight is 612 g/mol. The Balaban J connectivity index is 1.27. The van der Waals surface area contributed by atoms with Crippen LogP contribution in [0.3, 0.4) is 0 Å². The van der Waals surface area contributed by atoms with Crippen LogP contribution in [0.15, 0.2) is 6.33 Å². The Bertz CT molecular complexity index is 974. The Morgan fingerprint density at radius 2 is 0.886 bits per heavy atom. The third-order valence-electron chi connectivity index (χ3n) is 11.7. The van der Waals surface area contributed by atoms with E-state index in [2.05, 4.69) is 79.4 Å². The molecule has 44 heavy (non-hydrogen) atoms. The molecule has 7 nitrogen and oxygen atoms in total. The van der Waals surface area contributed by atoms with Crippen LogP contribution in [0.5, 0.6) is 0 Å². The first-order valence-corrected chi connectivity index (χ1v) is 18.2. The first kappa shape index (κ1) is 34.2. The fourth-order valence-electron chi connectivity index (χ4n) is 9.78. The maximum Gasteiger partial charge on any atom is 0.135 e. The van der Waals surface area contributed by atoms with Gasteiger partial charge in [0.25, 0.3) is 0 Å². The minimum atomic E-state index is -0.0495. The fourth-order valence-corrected chi connectivity index (χ4v) is 9.78. The van der Waals surface area contributed by atoms with Crippen LogP contribution in [0.25, 0.3) is 0 Å².